The minimum absolute atomic E-state index is 0.227. The lowest BCUT2D eigenvalue weighted by molar-refractivity contribution is 0.0856. The van der Waals surface area contributed by atoms with Gasteiger partial charge in [0.1, 0.15) is 0 Å². The van der Waals surface area contributed by atoms with Crippen LogP contribution < -0.4 is 5.73 Å². The van der Waals surface area contributed by atoms with Crippen LogP contribution in [0.5, 0.6) is 0 Å². The molecule has 2 nitrogen and oxygen atoms in total. The molecule has 2 rings (SSSR count). The smallest absolute Gasteiger partial charge is 0.168 e. The molecule has 1 aliphatic carbocycles. The zero-order valence-electron chi connectivity index (χ0n) is 9.99. The number of anilines is 1. The van der Waals surface area contributed by atoms with Crippen LogP contribution in [0.15, 0.2) is 18.2 Å². The number of para-hydroxylation sites is 1. The molecule has 0 heterocycles. The van der Waals surface area contributed by atoms with Crippen LogP contribution in [0.3, 0.4) is 0 Å². The number of carbonyl (C=O) groups excluding carboxylic acids is 1. The van der Waals surface area contributed by atoms with Crippen LogP contribution in [0.4, 0.5) is 5.69 Å². The molecular weight excluding hydrogens is 198 g/mol. The van der Waals surface area contributed by atoms with E-state index in [1.54, 1.807) is 0 Å². The largest absolute Gasteiger partial charge is 0.398 e. The fourth-order valence-electron chi connectivity index (χ4n) is 2.19. The van der Waals surface area contributed by atoms with E-state index in [1.807, 2.05) is 18.2 Å². The SMILES string of the molecule is CC(C)c1cccc(C(=O)C2CCC2)c1N. The van der Waals surface area contributed by atoms with Crippen LogP contribution in [0, 0.1) is 5.92 Å². The number of nitrogen functional groups attached to an aromatic ring is 1. The molecule has 0 amide bonds. The van der Waals surface area contributed by atoms with Gasteiger partial charge in [-0.25, -0.2) is 0 Å². The maximum absolute atomic E-state index is 12.1. The minimum Gasteiger partial charge on any atom is -0.398 e. The molecule has 1 aliphatic rings. The van der Waals surface area contributed by atoms with Gasteiger partial charge in [-0.15, -0.1) is 0 Å². The van der Waals surface area contributed by atoms with E-state index in [2.05, 4.69) is 13.8 Å². The van der Waals surface area contributed by atoms with Crippen LogP contribution >= 0.6 is 0 Å². The van der Waals surface area contributed by atoms with E-state index >= 15 is 0 Å². The van der Waals surface area contributed by atoms with Crippen molar-refractivity contribution in [1.82, 2.24) is 0 Å². The molecule has 1 aromatic rings. The Morgan fingerprint density at radius 1 is 1.38 bits per heavy atom. The number of rotatable bonds is 3. The highest BCUT2D eigenvalue weighted by Crippen LogP contribution is 2.33. The lowest BCUT2D eigenvalue weighted by Gasteiger charge is -2.25. The monoisotopic (exact) mass is 217 g/mol. The van der Waals surface area contributed by atoms with Crippen molar-refractivity contribution in [2.45, 2.75) is 39.0 Å². The molecule has 0 atom stereocenters. The second kappa shape index (κ2) is 4.28. The summed E-state index contributed by atoms with van der Waals surface area (Å²) in [6.07, 6.45) is 3.24. The van der Waals surface area contributed by atoms with Gasteiger partial charge in [0.05, 0.1) is 0 Å². The highest BCUT2D eigenvalue weighted by atomic mass is 16.1. The Balaban J connectivity index is 2.33. The van der Waals surface area contributed by atoms with Gasteiger partial charge in [0.25, 0.3) is 0 Å². The standard InChI is InChI=1S/C14H19NO/c1-9(2)11-7-4-8-12(13(11)15)14(16)10-5-3-6-10/h4,7-10H,3,5-6,15H2,1-2H3. The molecule has 16 heavy (non-hydrogen) atoms. The average molecular weight is 217 g/mol. The fourth-order valence-corrected chi connectivity index (χ4v) is 2.19. The number of Topliss-reactive ketones (excluding diaryl/α,β-unsaturated/α-hetero) is 1. The van der Waals surface area contributed by atoms with E-state index in [4.69, 9.17) is 5.73 Å². The van der Waals surface area contributed by atoms with Gasteiger partial charge in [-0.1, -0.05) is 32.4 Å². The van der Waals surface area contributed by atoms with Gasteiger partial charge in [0.15, 0.2) is 5.78 Å². The lowest BCUT2D eigenvalue weighted by Crippen LogP contribution is -2.23. The summed E-state index contributed by atoms with van der Waals surface area (Å²) < 4.78 is 0. The third-order valence-electron chi connectivity index (χ3n) is 3.50. The van der Waals surface area contributed by atoms with Gasteiger partial charge in [-0.2, -0.15) is 0 Å². The Morgan fingerprint density at radius 3 is 2.56 bits per heavy atom. The van der Waals surface area contributed by atoms with Crippen molar-refractivity contribution in [2.24, 2.45) is 5.92 Å². The molecule has 0 aromatic heterocycles. The van der Waals surface area contributed by atoms with Crippen LogP contribution in [0.25, 0.3) is 0 Å². The molecule has 1 fully saturated rings. The molecule has 0 unspecified atom stereocenters. The molecule has 2 N–H and O–H groups in total. The summed E-state index contributed by atoms with van der Waals surface area (Å²) in [5.74, 6) is 0.838. The van der Waals surface area contributed by atoms with Crippen molar-refractivity contribution in [3.63, 3.8) is 0 Å². The fraction of sp³-hybridized carbons (Fsp3) is 0.500. The summed E-state index contributed by atoms with van der Waals surface area (Å²) in [5.41, 5.74) is 8.59. The van der Waals surface area contributed by atoms with E-state index in [0.717, 1.165) is 24.0 Å². The molecule has 1 aromatic carbocycles. The van der Waals surface area contributed by atoms with E-state index < -0.39 is 0 Å². The summed E-state index contributed by atoms with van der Waals surface area (Å²) in [7, 11) is 0. The first kappa shape index (κ1) is 11.2. The summed E-state index contributed by atoms with van der Waals surface area (Å²) >= 11 is 0. The first-order valence-electron chi connectivity index (χ1n) is 6.04. The number of hydrogen-bond donors (Lipinski definition) is 1. The van der Waals surface area contributed by atoms with Crippen LogP contribution in [0.2, 0.25) is 0 Å². The Morgan fingerprint density at radius 2 is 2.06 bits per heavy atom. The van der Waals surface area contributed by atoms with Gasteiger partial charge < -0.3 is 5.73 Å². The van der Waals surface area contributed by atoms with Crippen molar-refractivity contribution in [3.8, 4) is 0 Å². The highest BCUT2D eigenvalue weighted by Gasteiger charge is 2.27. The van der Waals surface area contributed by atoms with Crippen molar-refractivity contribution >= 4 is 11.5 Å². The van der Waals surface area contributed by atoms with Crippen LogP contribution in [-0.2, 0) is 0 Å². The number of carbonyl (C=O) groups is 1. The van der Waals surface area contributed by atoms with Gasteiger partial charge in [-0.3, -0.25) is 4.79 Å². The molecule has 2 heteroatoms. The molecule has 0 radical (unpaired) electrons. The second-order valence-corrected chi connectivity index (χ2v) is 4.96. The summed E-state index contributed by atoms with van der Waals surface area (Å²) in [6.45, 7) is 4.20. The van der Waals surface area contributed by atoms with Crippen molar-refractivity contribution in [2.75, 3.05) is 5.73 Å². The molecule has 86 valence electrons. The summed E-state index contributed by atoms with van der Waals surface area (Å²) in [5, 5.41) is 0. The minimum atomic E-state index is 0.227. The summed E-state index contributed by atoms with van der Waals surface area (Å²) in [4.78, 5) is 12.1. The van der Waals surface area contributed by atoms with Crippen molar-refractivity contribution in [3.05, 3.63) is 29.3 Å². The molecular formula is C14H19NO. The third kappa shape index (κ3) is 1.84. The van der Waals surface area contributed by atoms with E-state index in [9.17, 15) is 4.79 Å². The molecule has 0 saturated heterocycles. The van der Waals surface area contributed by atoms with Gasteiger partial charge in [0.2, 0.25) is 0 Å². The zero-order chi connectivity index (χ0) is 11.7. The first-order chi connectivity index (χ1) is 7.61. The summed E-state index contributed by atoms with van der Waals surface area (Å²) in [6, 6.07) is 5.82. The Labute approximate surface area is 96.8 Å². The predicted molar refractivity (Wildman–Crippen MR) is 66.6 cm³/mol. The molecule has 0 aliphatic heterocycles. The number of nitrogens with two attached hydrogens (primary N) is 1. The number of hydrogen-bond acceptors (Lipinski definition) is 2. The Hall–Kier alpha value is -1.31. The second-order valence-electron chi connectivity index (χ2n) is 4.96. The van der Waals surface area contributed by atoms with E-state index in [1.165, 1.54) is 6.42 Å². The van der Waals surface area contributed by atoms with Crippen LogP contribution in [-0.4, -0.2) is 5.78 Å². The van der Waals surface area contributed by atoms with E-state index in [0.29, 0.717) is 11.6 Å². The lowest BCUT2D eigenvalue weighted by atomic mass is 9.79. The number of ketones is 1. The maximum Gasteiger partial charge on any atom is 0.168 e. The topological polar surface area (TPSA) is 43.1 Å². The first-order valence-corrected chi connectivity index (χ1v) is 6.04. The number of benzene rings is 1. The molecule has 0 bridgehead atoms. The Bertz CT molecular complexity index is 405. The predicted octanol–water partition coefficient (Wildman–Crippen LogP) is 3.38. The van der Waals surface area contributed by atoms with Crippen molar-refractivity contribution < 1.29 is 4.79 Å². The van der Waals surface area contributed by atoms with Gasteiger partial charge in [0, 0.05) is 17.2 Å². The van der Waals surface area contributed by atoms with E-state index in [-0.39, 0.29) is 11.7 Å². The highest BCUT2D eigenvalue weighted by molar-refractivity contribution is 6.03. The van der Waals surface area contributed by atoms with Crippen molar-refractivity contribution in [1.29, 1.82) is 0 Å². The Kier molecular flexibility index (Phi) is 2.99. The van der Waals surface area contributed by atoms with Gasteiger partial charge >= 0.3 is 0 Å². The van der Waals surface area contributed by atoms with Gasteiger partial charge in [-0.05, 0) is 30.4 Å². The molecule has 0 spiro atoms. The maximum atomic E-state index is 12.1. The zero-order valence-corrected chi connectivity index (χ0v) is 9.99. The quantitative estimate of drug-likeness (QED) is 0.623. The molecule has 1 saturated carbocycles. The normalized spacial score (nSPS) is 16.2. The van der Waals surface area contributed by atoms with Crippen LogP contribution in [0.1, 0.15) is 54.9 Å². The average Bonchev–Trinajstić information content (AvgIpc) is 2.14. The third-order valence-corrected chi connectivity index (χ3v) is 3.50.